The molecule has 1 aliphatic rings. The van der Waals surface area contributed by atoms with E-state index in [0.717, 1.165) is 12.0 Å². The van der Waals surface area contributed by atoms with E-state index in [0.29, 0.717) is 5.70 Å². The zero-order valence-electron chi connectivity index (χ0n) is 5.65. The lowest BCUT2D eigenvalue weighted by Gasteiger charge is -1.98. The minimum Gasteiger partial charge on any atom is -0.399 e. The van der Waals surface area contributed by atoms with Gasteiger partial charge in [-0.2, -0.15) is 0 Å². The molecule has 0 heterocycles. The van der Waals surface area contributed by atoms with Crippen LogP contribution in [0.1, 0.15) is 13.3 Å². The molecule has 0 aromatic heterocycles. The van der Waals surface area contributed by atoms with Gasteiger partial charge in [0.25, 0.3) is 0 Å². The summed E-state index contributed by atoms with van der Waals surface area (Å²) in [5.74, 6) is 0. The van der Waals surface area contributed by atoms with Gasteiger partial charge in [-0.1, -0.05) is 24.3 Å². The van der Waals surface area contributed by atoms with Crippen molar-refractivity contribution in [3.8, 4) is 0 Å². The lowest BCUT2D eigenvalue weighted by molar-refractivity contribution is 1.21. The van der Waals surface area contributed by atoms with Gasteiger partial charge in [0.05, 0.1) is 0 Å². The lowest BCUT2D eigenvalue weighted by atomic mass is 10.1. The molecule has 0 amide bonds. The number of rotatable bonds is 1. The molecule has 0 unspecified atom stereocenters. The van der Waals surface area contributed by atoms with E-state index in [-0.39, 0.29) is 0 Å². The Labute approximate surface area is 55.6 Å². The highest BCUT2D eigenvalue weighted by molar-refractivity contribution is 5.44. The third-order valence-electron chi connectivity index (χ3n) is 1.51. The van der Waals surface area contributed by atoms with Crippen LogP contribution >= 0.6 is 0 Å². The van der Waals surface area contributed by atoms with Crippen LogP contribution in [0.25, 0.3) is 0 Å². The van der Waals surface area contributed by atoms with Crippen molar-refractivity contribution in [2.24, 2.45) is 5.73 Å². The van der Waals surface area contributed by atoms with E-state index in [9.17, 15) is 0 Å². The second kappa shape index (κ2) is 2.09. The molecule has 0 aromatic carbocycles. The van der Waals surface area contributed by atoms with Crippen molar-refractivity contribution in [2.75, 3.05) is 0 Å². The molecule has 0 atom stereocenters. The van der Waals surface area contributed by atoms with Crippen LogP contribution in [0.2, 0.25) is 0 Å². The molecule has 9 heavy (non-hydrogen) atoms. The number of hydrogen-bond donors (Lipinski definition) is 1. The van der Waals surface area contributed by atoms with Gasteiger partial charge >= 0.3 is 0 Å². The van der Waals surface area contributed by atoms with E-state index in [2.05, 4.69) is 19.6 Å². The van der Waals surface area contributed by atoms with Crippen molar-refractivity contribution in [1.29, 1.82) is 0 Å². The first-order valence-corrected chi connectivity index (χ1v) is 3.03. The zero-order chi connectivity index (χ0) is 6.85. The van der Waals surface area contributed by atoms with Gasteiger partial charge in [0.15, 0.2) is 0 Å². The third-order valence-corrected chi connectivity index (χ3v) is 1.51. The Bertz CT molecular complexity index is 197. The second-order valence-corrected chi connectivity index (χ2v) is 2.33. The number of allylic oxidation sites excluding steroid dienone is 3. The van der Waals surface area contributed by atoms with Crippen molar-refractivity contribution in [3.63, 3.8) is 0 Å². The maximum Gasteiger partial charge on any atom is 0.0314 e. The van der Waals surface area contributed by atoms with E-state index >= 15 is 0 Å². The number of nitrogens with two attached hydrogens (primary N) is 1. The third kappa shape index (κ3) is 1.04. The summed E-state index contributed by atoms with van der Waals surface area (Å²) in [4.78, 5) is 0. The summed E-state index contributed by atoms with van der Waals surface area (Å²) >= 11 is 0. The van der Waals surface area contributed by atoms with E-state index < -0.39 is 0 Å². The van der Waals surface area contributed by atoms with E-state index in [1.807, 2.05) is 6.08 Å². The van der Waals surface area contributed by atoms with Crippen molar-refractivity contribution < 1.29 is 0 Å². The Morgan fingerprint density at radius 3 is 2.67 bits per heavy atom. The molecule has 0 saturated carbocycles. The van der Waals surface area contributed by atoms with Gasteiger partial charge < -0.3 is 5.73 Å². The van der Waals surface area contributed by atoms with Gasteiger partial charge in [0.2, 0.25) is 0 Å². The zero-order valence-corrected chi connectivity index (χ0v) is 5.65. The molecular weight excluding hydrogens is 110 g/mol. The molecule has 1 rings (SSSR count). The predicted octanol–water partition coefficient (Wildman–Crippen LogP) is 1.74. The maximum absolute atomic E-state index is 5.48. The van der Waals surface area contributed by atoms with Gasteiger partial charge in [-0.05, 0) is 18.9 Å². The summed E-state index contributed by atoms with van der Waals surface area (Å²) in [5.41, 5.74) is 8.61. The molecule has 0 aromatic rings. The second-order valence-electron chi connectivity index (χ2n) is 2.33. The molecule has 1 aliphatic carbocycles. The Hall–Kier alpha value is -0.980. The van der Waals surface area contributed by atoms with Crippen LogP contribution in [0.15, 0.2) is 35.6 Å². The first-order valence-electron chi connectivity index (χ1n) is 3.03. The molecule has 2 N–H and O–H groups in total. The van der Waals surface area contributed by atoms with Crippen molar-refractivity contribution in [3.05, 3.63) is 35.6 Å². The highest BCUT2D eigenvalue weighted by Crippen LogP contribution is 2.20. The summed E-state index contributed by atoms with van der Waals surface area (Å²) in [6.07, 6.45) is 5.16. The van der Waals surface area contributed by atoms with Gasteiger partial charge in [-0.15, -0.1) is 0 Å². The summed E-state index contributed by atoms with van der Waals surface area (Å²) in [6, 6.07) is 0. The van der Waals surface area contributed by atoms with Crippen molar-refractivity contribution in [2.45, 2.75) is 13.3 Å². The summed E-state index contributed by atoms with van der Waals surface area (Å²) in [6.45, 7) is 5.73. The normalized spacial score (nSPS) is 17.0. The standard InChI is InChI=1S/C8H11N/c1-6-4-3-5-8(6)7(2)9/h3,5H,2,4,9H2,1H3. The van der Waals surface area contributed by atoms with Crippen LogP contribution in [0.4, 0.5) is 0 Å². The highest BCUT2D eigenvalue weighted by Gasteiger charge is 2.03. The Balaban J connectivity index is 2.89. The largest absolute Gasteiger partial charge is 0.399 e. The molecule has 0 radical (unpaired) electrons. The Morgan fingerprint density at radius 1 is 1.78 bits per heavy atom. The van der Waals surface area contributed by atoms with Crippen LogP contribution in [0, 0.1) is 0 Å². The molecular formula is C8H11N. The van der Waals surface area contributed by atoms with Gasteiger partial charge in [-0.25, -0.2) is 0 Å². The number of hydrogen-bond acceptors (Lipinski definition) is 1. The average molecular weight is 121 g/mol. The first-order chi connectivity index (χ1) is 4.22. The molecule has 1 heteroatoms. The molecule has 0 spiro atoms. The molecule has 0 fully saturated rings. The smallest absolute Gasteiger partial charge is 0.0314 e. The SMILES string of the molecule is C=C(N)C1=C(C)CC=C1. The average Bonchev–Trinajstić information content (AvgIpc) is 2.13. The fraction of sp³-hybridized carbons (Fsp3) is 0.250. The Kier molecular flexibility index (Phi) is 1.43. The quantitative estimate of drug-likeness (QED) is 0.561. The molecule has 1 nitrogen and oxygen atoms in total. The van der Waals surface area contributed by atoms with Crippen LogP contribution in [0.5, 0.6) is 0 Å². The molecule has 0 aliphatic heterocycles. The van der Waals surface area contributed by atoms with Gasteiger partial charge in [0, 0.05) is 5.70 Å². The van der Waals surface area contributed by atoms with Crippen LogP contribution in [0.3, 0.4) is 0 Å². The topological polar surface area (TPSA) is 26.0 Å². The van der Waals surface area contributed by atoms with E-state index in [1.54, 1.807) is 0 Å². The lowest BCUT2D eigenvalue weighted by Crippen LogP contribution is -1.96. The van der Waals surface area contributed by atoms with Crippen molar-refractivity contribution in [1.82, 2.24) is 0 Å². The van der Waals surface area contributed by atoms with E-state index in [1.165, 1.54) is 5.57 Å². The fourth-order valence-corrected chi connectivity index (χ4v) is 0.987. The van der Waals surface area contributed by atoms with Crippen LogP contribution in [-0.2, 0) is 0 Å². The maximum atomic E-state index is 5.48. The minimum absolute atomic E-state index is 0.682. The minimum atomic E-state index is 0.682. The monoisotopic (exact) mass is 121 g/mol. The fourth-order valence-electron chi connectivity index (χ4n) is 0.987. The van der Waals surface area contributed by atoms with Crippen molar-refractivity contribution >= 4 is 0 Å². The molecule has 48 valence electrons. The molecule has 0 bridgehead atoms. The van der Waals surface area contributed by atoms with E-state index in [4.69, 9.17) is 5.73 Å². The van der Waals surface area contributed by atoms with Gasteiger partial charge in [0.1, 0.15) is 0 Å². The predicted molar refractivity (Wildman–Crippen MR) is 39.8 cm³/mol. The summed E-state index contributed by atoms with van der Waals surface area (Å²) in [7, 11) is 0. The van der Waals surface area contributed by atoms with Crippen LogP contribution < -0.4 is 5.73 Å². The summed E-state index contributed by atoms with van der Waals surface area (Å²) in [5, 5.41) is 0. The Morgan fingerprint density at radius 2 is 2.44 bits per heavy atom. The first kappa shape index (κ1) is 6.14. The summed E-state index contributed by atoms with van der Waals surface area (Å²) < 4.78 is 0. The van der Waals surface area contributed by atoms with Crippen LogP contribution in [-0.4, -0.2) is 0 Å². The molecule has 0 saturated heterocycles. The highest BCUT2D eigenvalue weighted by atomic mass is 14.6. The van der Waals surface area contributed by atoms with Gasteiger partial charge in [-0.3, -0.25) is 0 Å².